The summed E-state index contributed by atoms with van der Waals surface area (Å²) >= 11 is 0. The molecule has 1 aliphatic rings. The lowest BCUT2D eigenvalue weighted by Gasteiger charge is -2.25. The highest BCUT2D eigenvalue weighted by atomic mass is 16.5. The zero-order valence-corrected chi connectivity index (χ0v) is 8.27. The number of hydrogen-bond acceptors (Lipinski definition) is 2. The molecule has 2 heteroatoms. The average molecular weight is 190 g/mol. The van der Waals surface area contributed by atoms with E-state index < -0.39 is 0 Å². The minimum Gasteiger partial charge on any atom is -0.462 e. The molecule has 1 aliphatic heterocycles. The normalized spacial score (nSPS) is 27.1. The summed E-state index contributed by atoms with van der Waals surface area (Å²) in [6, 6.07) is 9.85. The Morgan fingerprint density at radius 1 is 1.21 bits per heavy atom. The van der Waals surface area contributed by atoms with E-state index >= 15 is 0 Å². The molecule has 0 N–H and O–H groups in total. The molecule has 2 unspecified atom stereocenters. The van der Waals surface area contributed by atoms with Crippen LogP contribution >= 0.6 is 0 Å². The van der Waals surface area contributed by atoms with Crippen molar-refractivity contribution in [3.8, 4) is 0 Å². The molecule has 2 atom stereocenters. The number of carbonyl (C=O) groups is 1. The van der Waals surface area contributed by atoms with Crippen LogP contribution < -0.4 is 0 Å². The predicted octanol–water partition coefficient (Wildman–Crippen LogP) is 2.50. The number of cyclic esters (lactones) is 1. The van der Waals surface area contributed by atoms with Crippen molar-refractivity contribution < 1.29 is 9.53 Å². The molecule has 0 bridgehead atoms. The van der Waals surface area contributed by atoms with Crippen LogP contribution in [0.4, 0.5) is 0 Å². The smallest absolute Gasteiger partial charge is 0.313 e. The lowest BCUT2D eigenvalue weighted by molar-refractivity contribution is -0.154. The van der Waals surface area contributed by atoms with Gasteiger partial charge >= 0.3 is 5.97 Å². The molecule has 0 saturated carbocycles. The second-order valence-corrected chi connectivity index (χ2v) is 3.79. The van der Waals surface area contributed by atoms with Crippen molar-refractivity contribution in [3.63, 3.8) is 0 Å². The Labute approximate surface area is 83.9 Å². The van der Waals surface area contributed by atoms with Gasteiger partial charge in [-0.25, -0.2) is 0 Å². The third-order valence-corrected chi connectivity index (χ3v) is 2.67. The van der Waals surface area contributed by atoms with E-state index in [-0.39, 0.29) is 18.0 Å². The van der Waals surface area contributed by atoms with Gasteiger partial charge in [0.25, 0.3) is 0 Å². The molecule has 0 radical (unpaired) electrons. The van der Waals surface area contributed by atoms with Crippen LogP contribution in [0.1, 0.15) is 31.2 Å². The minimum atomic E-state index is -0.0741. The van der Waals surface area contributed by atoms with E-state index in [0.29, 0.717) is 0 Å². The third-order valence-electron chi connectivity index (χ3n) is 2.67. The molecule has 0 amide bonds. The number of carbonyl (C=O) groups excluding carboxylic acids is 1. The Kier molecular flexibility index (Phi) is 2.53. The molecule has 1 heterocycles. The standard InChI is InChI=1S/C12H14O2/c1-9-7-8-11(12(13)14-9)10-5-3-2-4-6-10/h2-6,9,11H,7-8H2,1H3. The number of ether oxygens (including phenoxy) is 1. The van der Waals surface area contributed by atoms with Crippen LogP contribution in [-0.4, -0.2) is 12.1 Å². The first kappa shape index (κ1) is 9.25. The van der Waals surface area contributed by atoms with E-state index in [2.05, 4.69) is 0 Å². The monoisotopic (exact) mass is 190 g/mol. The van der Waals surface area contributed by atoms with Gasteiger partial charge in [0.15, 0.2) is 0 Å². The molecule has 1 fully saturated rings. The van der Waals surface area contributed by atoms with Crippen LogP contribution in [-0.2, 0) is 9.53 Å². The fraction of sp³-hybridized carbons (Fsp3) is 0.417. The van der Waals surface area contributed by atoms with Gasteiger partial charge in [-0.2, -0.15) is 0 Å². The Hall–Kier alpha value is -1.31. The molecule has 1 aromatic rings. The quantitative estimate of drug-likeness (QED) is 0.636. The van der Waals surface area contributed by atoms with E-state index in [1.807, 2.05) is 37.3 Å². The van der Waals surface area contributed by atoms with Crippen molar-refractivity contribution in [2.45, 2.75) is 31.8 Å². The maximum atomic E-state index is 11.6. The summed E-state index contributed by atoms with van der Waals surface area (Å²) in [5.74, 6) is -0.123. The van der Waals surface area contributed by atoms with Gasteiger partial charge < -0.3 is 4.74 Å². The fourth-order valence-corrected chi connectivity index (χ4v) is 1.85. The van der Waals surface area contributed by atoms with Gasteiger partial charge in [-0.05, 0) is 25.3 Å². The first-order valence-corrected chi connectivity index (χ1v) is 5.03. The number of esters is 1. The van der Waals surface area contributed by atoms with Crippen LogP contribution in [0, 0.1) is 0 Å². The highest BCUT2D eigenvalue weighted by Crippen LogP contribution is 2.28. The molecule has 2 nitrogen and oxygen atoms in total. The van der Waals surface area contributed by atoms with Gasteiger partial charge in [-0.15, -0.1) is 0 Å². The molecule has 0 aliphatic carbocycles. The highest BCUT2D eigenvalue weighted by molar-refractivity contribution is 5.78. The van der Waals surface area contributed by atoms with Crippen molar-refractivity contribution in [3.05, 3.63) is 35.9 Å². The van der Waals surface area contributed by atoms with E-state index in [0.717, 1.165) is 18.4 Å². The first-order valence-electron chi connectivity index (χ1n) is 5.03. The van der Waals surface area contributed by atoms with Crippen molar-refractivity contribution in [1.82, 2.24) is 0 Å². The third kappa shape index (κ3) is 1.79. The zero-order chi connectivity index (χ0) is 9.97. The summed E-state index contributed by atoms with van der Waals surface area (Å²) in [4.78, 5) is 11.6. The fourth-order valence-electron chi connectivity index (χ4n) is 1.85. The summed E-state index contributed by atoms with van der Waals surface area (Å²) in [5, 5.41) is 0. The topological polar surface area (TPSA) is 26.3 Å². The molecule has 0 aromatic heterocycles. The summed E-state index contributed by atoms with van der Waals surface area (Å²) in [6.45, 7) is 1.94. The highest BCUT2D eigenvalue weighted by Gasteiger charge is 2.28. The van der Waals surface area contributed by atoms with Gasteiger partial charge in [0.2, 0.25) is 0 Å². The van der Waals surface area contributed by atoms with Crippen molar-refractivity contribution in [2.75, 3.05) is 0 Å². The zero-order valence-electron chi connectivity index (χ0n) is 8.27. The average Bonchev–Trinajstić information content (AvgIpc) is 2.19. The van der Waals surface area contributed by atoms with Crippen LogP contribution in [0.15, 0.2) is 30.3 Å². The second-order valence-electron chi connectivity index (χ2n) is 3.79. The Bertz CT molecular complexity index is 318. The summed E-state index contributed by atoms with van der Waals surface area (Å²) < 4.78 is 5.21. The number of benzene rings is 1. The summed E-state index contributed by atoms with van der Waals surface area (Å²) in [6.07, 6.45) is 1.96. The van der Waals surface area contributed by atoms with Crippen molar-refractivity contribution in [1.29, 1.82) is 0 Å². The maximum Gasteiger partial charge on any atom is 0.313 e. The SMILES string of the molecule is CC1CCC(c2ccccc2)C(=O)O1. The van der Waals surface area contributed by atoms with Gasteiger partial charge in [-0.1, -0.05) is 30.3 Å². The second kappa shape index (κ2) is 3.82. The van der Waals surface area contributed by atoms with Crippen LogP contribution in [0.5, 0.6) is 0 Å². The van der Waals surface area contributed by atoms with Crippen LogP contribution in [0.25, 0.3) is 0 Å². The van der Waals surface area contributed by atoms with E-state index in [9.17, 15) is 4.79 Å². The Morgan fingerprint density at radius 3 is 2.57 bits per heavy atom. The maximum absolute atomic E-state index is 11.6. The molecule has 0 spiro atoms. The van der Waals surface area contributed by atoms with Gasteiger partial charge in [0.05, 0.1) is 12.0 Å². The Balaban J connectivity index is 2.16. The predicted molar refractivity (Wildman–Crippen MR) is 54.0 cm³/mol. The number of rotatable bonds is 1. The lowest BCUT2D eigenvalue weighted by Crippen LogP contribution is -2.27. The Morgan fingerprint density at radius 2 is 1.93 bits per heavy atom. The molecular formula is C12H14O2. The number of hydrogen-bond donors (Lipinski definition) is 0. The van der Waals surface area contributed by atoms with Crippen LogP contribution in [0.2, 0.25) is 0 Å². The molecule has 74 valence electrons. The van der Waals surface area contributed by atoms with Gasteiger partial charge in [0.1, 0.15) is 0 Å². The largest absolute Gasteiger partial charge is 0.462 e. The minimum absolute atomic E-state index is 0.0487. The summed E-state index contributed by atoms with van der Waals surface area (Å²) in [5.41, 5.74) is 1.07. The molecule has 1 saturated heterocycles. The lowest BCUT2D eigenvalue weighted by atomic mass is 9.91. The van der Waals surface area contributed by atoms with Crippen LogP contribution in [0.3, 0.4) is 0 Å². The van der Waals surface area contributed by atoms with Crippen molar-refractivity contribution in [2.24, 2.45) is 0 Å². The van der Waals surface area contributed by atoms with E-state index in [1.165, 1.54) is 0 Å². The molecule has 1 aromatic carbocycles. The van der Waals surface area contributed by atoms with Gasteiger partial charge in [0, 0.05) is 0 Å². The van der Waals surface area contributed by atoms with E-state index in [1.54, 1.807) is 0 Å². The van der Waals surface area contributed by atoms with Crippen molar-refractivity contribution >= 4 is 5.97 Å². The van der Waals surface area contributed by atoms with E-state index in [4.69, 9.17) is 4.74 Å². The van der Waals surface area contributed by atoms with Gasteiger partial charge in [-0.3, -0.25) is 4.79 Å². The molecule has 2 rings (SSSR count). The first-order chi connectivity index (χ1) is 6.77. The summed E-state index contributed by atoms with van der Waals surface area (Å²) in [7, 11) is 0. The molecular weight excluding hydrogens is 176 g/mol. The molecule has 14 heavy (non-hydrogen) atoms.